The second-order valence-corrected chi connectivity index (χ2v) is 9.33. The van der Waals surface area contributed by atoms with Crippen LogP contribution < -0.4 is 0 Å². The number of rotatable bonds is 7. The van der Waals surface area contributed by atoms with Gasteiger partial charge in [-0.2, -0.15) is 0 Å². The molecule has 1 aliphatic heterocycles. The Kier molecular flexibility index (Phi) is 6.54. The molecule has 3 nitrogen and oxygen atoms in total. The molecular weight excluding hydrogens is 411 g/mol. The van der Waals surface area contributed by atoms with Crippen LogP contribution in [-0.2, 0) is 4.79 Å². The molecule has 170 valence electrons. The molecule has 1 amide bonds. The third kappa shape index (κ3) is 5.17. The first-order valence-corrected chi connectivity index (χ1v) is 12.1. The molecule has 1 aliphatic carbocycles. The molecule has 0 bridgehead atoms. The highest BCUT2D eigenvalue weighted by Gasteiger charge is 2.38. The zero-order valence-electron chi connectivity index (χ0n) is 18.9. The number of carbonyl (C=O) groups excluding carboxylic acids is 1. The van der Waals surface area contributed by atoms with Gasteiger partial charge in [-0.25, -0.2) is 4.39 Å². The van der Waals surface area contributed by atoms with Gasteiger partial charge in [0, 0.05) is 44.6 Å². The molecule has 0 aromatic heterocycles. The second-order valence-electron chi connectivity index (χ2n) is 9.33. The van der Waals surface area contributed by atoms with Crippen molar-refractivity contribution in [2.45, 2.75) is 31.2 Å². The molecule has 1 atom stereocenters. The van der Waals surface area contributed by atoms with Crippen molar-refractivity contribution in [3.8, 4) is 0 Å². The first-order chi connectivity index (χ1) is 16.2. The standard InChI is InChI=1S/C29H31FN2O/c30-26-15-13-25(14-16-26)29(24-11-12-24)32-19-17-31(18-20-32)28(33)21-27(22-7-3-1-4-8-22)23-9-5-2-6-10-23/h1-10,13-16,24,27,29H,11-12,17-21H2. The largest absolute Gasteiger partial charge is 0.340 e. The van der Waals surface area contributed by atoms with Gasteiger partial charge >= 0.3 is 0 Å². The van der Waals surface area contributed by atoms with E-state index in [-0.39, 0.29) is 17.6 Å². The zero-order chi connectivity index (χ0) is 22.6. The Balaban J connectivity index is 1.25. The van der Waals surface area contributed by atoms with Gasteiger partial charge in [0.05, 0.1) is 0 Å². The van der Waals surface area contributed by atoms with E-state index in [1.54, 1.807) is 12.1 Å². The third-order valence-electron chi connectivity index (χ3n) is 7.12. The molecule has 5 rings (SSSR count). The van der Waals surface area contributed by atoms with Crippen LogP contribution in [-0.4, -0.2) is 41.9 Å². The van der Waals surface area contributed by atoms with E-state index in [0.717, 1.165) is 26.2 Å². The first-order valence-electron chi connectivity index (χ1n) is 12.1. The number of piperazine rings is 1. The van der Waals surface area contributed by atoms with E-state index in [0.29, 0.717) is 18.4 Å². The SMILES string of the molecule is O=C(CC(c1ccccc1)c1ccccc1)N1CCN(C(c2ccc(F)cc2)C2CC2)CC1. The molecule has 0 radical (unpaired) electrons. The lowest BCUT2D eigenvalue weighted by atomic mass is 9.88. The van der Waals surface area contributed by atoms with Crippen molar-refractivity contribution in [3.63, 3.8) is 0 Å². The van der Waals surface area contributed by atoms with Crippen LogP contribution in [0.2, 0.25) is 0 Å². The quantitative estimate of drug-likeness (QED) is 0.473. The van der Waals surface area contributed by atoms with Gasteiger partial charge in [0.1, 0.15) is 5.82 Å². The molecule has 0 spiro atoms. The van der Waals surface area contributed by atoms with Crippen molar-refractivity contribution in [1.29, 1.82) is 0 Å². The summed E-state index contributed by atoms with van der Waals surface area (Å²) in [6.07, 6.45) is 2.95. The van der Waals surface area contributed by atoms with Crippen LogP contribution in [0.4, 0.5) is 4.39 Å². The summed E-state index contributed by atoms with van der Waals surface area (Å²) in [5.74, 6) is 0.752. The van der Waals surface area contributed by atoms with E-state index in [1.807, 2.05) is 53.4 Å². The van der Waals surface area contributed by atoms with Gasteiger partial charge in [-0.1, -0.05) is 72.8 Å². The summed E-state index contributed by atoms with van der Waals surface area (Å²) >= 11 is 0. The van der Waals surface area contributed by atoms with E-state index in [9.17, 15) is 9.18 Å². The molecule has 1 saturated carbocycles. The monoisotopic (exact) mass is 442 g/mol. The molecule has 4 heteroatoms. The number of amides is 1. The summed E-state index contributed by atoms with van der Waals surface area (Å²) in [4.78, 5) is 17.9. The van der Waals surface area contributed by atoms with Crippen molar-refractivity contribution >= 4 is 5.91 Å². The molecule has 3 aromatic rings. The average Bonchev–Trinajstić information content (AvgIpc) is 3.70. The van der Waals surface area contributed by atoms with Gasteiger partial charge < -0.3 is 4.90 Å². The normalized spacial score (nSPS) is 17.8. The predicted molar refractivity (Wildman–Crippen MR) is 129 cm³/mol. The minimum atomic E-state index is -0.185. The fraction of sp³-hybridized carbons (Fsp3) is 0.345. The molecule has 3 aromatic carbocycles. The maximum atomic E-state index is 13.4. The van der Waals surface area contributed by atoms with Gasteiger partial charge in [0.2, 0.25) is 5.91 Å². The van der Waals surface area contributed by atoms with Crippen LogP contribution in [0.15, 0.2) is 84.9 Å². The van der Waals surface area contributed by atoms with Crippen molar-refractivity contribution in [3.05, 3.63) is 107 Å². The molecule has 33 heavy (non-hydrogen) atoms. The summed E-state index contributed by atoms with van der Waals surface area (Å²) < 4.78 is 13.4. The van der Waals surface area contributed by atoms with Gasteiger partial charge in [0.15, 0.2) is 0 Å². The van der Waals surface area contributed by atoms with E-state index in [4.69, 9.17) is 0 Å². The summed E-state index contributed by atoms with van der Waals surface area (Å²) in [7, 11) is 0. The lowest BCUT2D eigenvalue weighted by Gasteiger charge is -2.40. The van der Waals surface area contributed by atoms with E-state index in [1.165, 1.54) is 29.5 Å². The van der Waals surface area contributed by atoms with E-state index in [2.05, 4.69) is 29.2 Å². The van der Waals surface area contributed by atoms with Crippen LogP contribution in [0, 0.1) is 11.7 Å². The molecule has 1 saturated heterocycles. The van der Waals surface area contributed by atoms with Gasteiger partial charge in [-0.15, -0.1) is 0 Å². The molecule has 2 fully saturated rings. The molecule has 1 unspecified atom stereocenters. The van der Waals surface area contributed by atoms with Crippen LogP contribution >= 0.6 is 0 Å². The predicted octanol–water partition coefficient (Wildman–Crippen LogP) is 5.64. The molecular formula is C29H31FN2O. The van der Waals surface area contributed by atoms with Crippen LogP contribution in [0.25, 0.3) is 0 Å². The van der Waals surface area contributed by atoms with Gasteiger partial charge in [-0.3, -0.25) is 9.69 Å². The van der Waals surface area contributed by atoms with Crippen molar-refractivity contribution in [2.24, 2.45) is 5.92 Å². The topological polar surface area (TPSA) is 23.6 Å². The second kappa shape index (κ2) is 9.88. The van der Waals surface area contributed by atoms with Gasteiger partial charge in [-0.05, 0) is 47.6 Å². The Bertz CT molecular complexity index is 1000. The number of hydrogen-bond acceptors (Lipinski definition) is 2. The number of carbonyl (C=O) groups is 1. The van der Waals surface area contributed by atoms with Crippen molar-refractivity contribution in [1.82, 2.24) is 9.80 Å². The highest BCUT2D eigenvalue weighted by molar-refractivity contribution is 5.78. The van der Waals surface area contributed by atoms with Crippen LogP contribution in [0.3, 0.4) is 0 Å². The summed E-state index contributed by atoms with van der Waals surface area (Å²) in [5, 5.41) is 0. The number of nitrogens with zero attached hydrogens (tertiary/aromatic N) is 2. The number of hydrogen-bond donors (Lipinski definition) is 0. The highest BCUT2D eigenvalue weighted by Crippen LogP contribution is 2.45. The lowest BCUT2D eigenvalue weighted by Crippen LogP contribution is -2.50. The van der Waals surface area contributed by atoms with E-state index < -0.39 is 0 Å². The average molecular weight is 443 g/mol. The number of benzene rings is 3. The first kappa shape index (κ1) is 21.8. The minimum Gasteiger partial charge on any atom is -0.340 e. The minimum absolute atomic E-state index is 0.0661. The molecule has 1 heterocycles. The zero-order valence-corrected chi connectivity index (χ0v) is 18.9. The van der Waals surface area contributed by atoms with E-state index >= 15 is 0 Å². The fourth-order valence-corrected chi connectivity index (χ4v) is 5.21. The van der Waals surface area contributed by atoms with Crippen LogP contribution in [0.1, 0.15) is 47.9 Å². The Morgan fingerprint density at radius 3 is 1.82 bits per heavy atom. The Labute approximate surface area is 195 Å². The molecule has 0 N–H and O–H groups in total. The van der Waals surface area contributed by atoms with Crippen LogP contribution in [0.5, 0.6) is 0 Å². The van der Waals surface area contributed by atoms with Gasteiger partial charge in [0.25, 0.3) is 0 Å². The molecule has 2 aliphatic rings. The smallest absolute Gasteiger partial charge is 0.223 e. The van der Waals surface area contributed by atoms with Crippen molar-refractivity contribution in [2.75, 3.05) is 26.2 Å². The maximum absolute atomic E-state index is 13.4. The Morgan fingerprint density at radius 1 is 0.758 bits per heavy atom. The highest BCUT2D eigenvalue weighted by atomic mass is 19.1. The number of halogens is 1. The summed E-state index contributed by atoms with van der Waals surface area (Å²) in [5.41, 5.74) is 3.56. The fourth-order valence-electron chi connectivity index (χ4n) is 5.21. The summed E-state index contributed by atoms with van der Waals surface area (Å²) in [6.45, 7) is 3.23. The van der Waals surface area contributed by atoms with Crippen molar-refractivity contribution < 1.29 is 9.18 Å². The Morgan fingerprint density at radius 2 is 1.30 bits per heavy atom. The maximum Gasteiger partial charge on any atom is 0.223 e. The summed E-state index contributed by atoms with van der Waals surface area (Å²) in [6, 6.07) is 28.0. The Hall–Kier alpha value is -2.98. The third-order valence-corrected chi connectivity index (χ3v) is 7.12. The lowest BCUT2D eigenvalue weighted by molar-refractivity contribution is -0.133.